The number of thiazole rings is 1. The number of hydrogen-bond acceptors (Lipinski definition) is 5. The van der Waals surface area contributed by atoms with E-state index < -0.39 is 5.41 Å². The van der Waals surface area contributed by atoms with Crippen LogP contribution in [0, 0.1) is 5.82 Å². The zero-order chi connectivity index (χ0) is 21.1. The van der Waals surface area contributed by atoms with Crippen LogP contribution in [0.1, 0.15) is 43.9 Å². The highest BCUT2D eigenvalue weighted by molar-refractivity contribution is 7.14. The van der Waals surface area contributed by atoms with Gasteiger partial charge in [0.15, 0.2) is 10.9 Å². The first-order chi connectivity index (χ1) is 14.5. The van der Waals surface area contributed by atoms with Gasteiger partial charge >= 0.3 is 0 Å². The Bertz CT molecular complexity index is 1070. The summed E-state index contributed by atoms with van der Waals surface area (Å²) < 4.78 is 19.5. The Hall–Kier alpha value is -3.00. The second-order valence-electron chi connectivity index (χ2n) is 7.47. The molecule has 0 atom stereocenters. The summed E-state index contributed by atoms with van der Waals surface area (Å²) >= 11 is 1.31. The molecule has 4 rings (SSSR count). The summed E-state index contributed by atoms with van der Waals surface area (Å²) in [4.78, 5) is 28.7. The number of benzene rings is 1. The van der Waals surface area contributed by atoms with E-state index in [1.807, 2.05) is 6.07 Å². The van der Waals surface area contributed by atoms with Gasteiger partial charge in [-0.2, -0.15) is 0 Å². The molecule has 2 aromatic heterocycles. The number of carbonyl (C=O) groups is 2. The van der Waals surface area contributed by atoms with Crippen LogP contribution in [0.15, 0.2) is 46.2 Å². The molecule has 0 aliphatic heterocycles. The molecule has 0 unspecified atom stereocenters. The molecule has 30 heavy (non-hydrogen) atoms. The van der Waals surface area contributed by atoms with Crippen molar-refractivity contribution >= 4 is 28.3 Å². The molecule has 2 amide bonds. The number of aromatic nitrogens is 1. The van der Waals surface area contributed by atoms with Crippen molar-refractivity contribution in [2.75, 3.05) is 5.32 Å². The fourth-order valence-corrected chi connectivity index (χ4v) is 4.59. The van der Waals surface area contributed by atoms with Crippen LogP contribution >= 0.6 is 11.3 Å². The maximum atomic E-state index is 13.8. The van der Waals surface area contributed by atoms with Gasteiger partial charge in [0.25, 0.3) is 0 Å². The molecule has 8 heteroatoms. The average molecular weight is 428 g/mol. The third-order valence-electron chi connectivity index (χ3n) is 5.42. The zero-order valence-electron chi connectivity index (χ0n) is 16.5. The molecule has 1 aromatic carbocycles. The van der Waals surface area contributed by atoms with Gasteiger partial charge in [-0.1, -0.05) is 25.0 Å². The molecular weight excluding hydrogens is 405 g/mol. The van der Waals surface area contributed by atoms with Gasteiger partial charge in [-0.25, -0.2) is 9.37 Å². The molecule has 1 saturated carbocycles. The molecule has 0 saturated heterocycles. The van der Waals surface area contributed by atoms with Crippen molar-refractivity contribution in [2.24, 2.45) is 0 Å². The fraction of sp³-hybridized carbons (Fsp3) is 0.318. The van der Waals surface area contributed by atoms with Crippen molar-refractivity contribution in [1.29, 1.82) is 0 Å². The lowest BCUT2D eigenvalue weighted by Gasteiger charge is -2.27. The Labute approximate surface area is 177 Å². The van der Waals surface area contributed by atoms with Crippen molar-refractivity contribution in [1.82, 2.24) is 10.3 Å². The Balaban J connectivity index is 1.50. The molecule has 3 aromatic rings. The first-order valence-corrected chi connectivity index (χ1v) is 10.7. The van der Waals surface area contributed by atoms with Crippen LogP contribution in [0.2, 0.25) is 0 Å². The summed E-state index contributed by atoms with van der Waals surface area (Å²) in [5, 5.41) is 7.88. The Morgan fingerprint density at radius 1 is 1.23 bits per heavy atom. The molecule has 2 N–H and O–H groups in total. The second kappa shape index (κ2) is 8.39. The summed E-state index contributed by atoms with van der Waals surface area (Å²) in [6.45, 7) is 1.75. The van der Waals surface area contributed by atoms with Crippen LogP contribution < -0.4 is 10.6 Å². The van der Waals surface area contributed by atoms with Crippen LogP contribution in [0.4, 0.5) is 9.52 Å². The monoisotopic (exact) mass is 427 g/mol. The van der Waals surface area contributed by atoms with Crippen LogP contribution in [-0.2, 0) is 21.5 Å². The number of nitrogens with one attached hydrogen (secondary N) is 2. The Kier molecular flexibility index (Phi) is 5.67. The summed E-state index contributed by atoms with van der Waals surface area (Å²) in [5.74, 6) is 0.557. The van der Waals surface area contributed by atoms with E-state index in [4.69, 9.17) is 4.42 Å². The van der Waals surface area contributed by atoms with Gasteiger partial charge < -0.3 is 15.1 Å². The van der Waals surface area contributed by atoms with E-state index in [9.17, 15) is 14.0 Å². The highest BCUT2D eigenvalue weighted by Gasteiger charge is 2.43. The lowest BCUT2D eigenvalue weighted by Crippen LogP contribution is -2.38. The van der Waals surface area contributed by atoms with Gasteiger partial charge in [0, 0.05) is 12.3 Å². The average Bonchev–Trinajstić information content (AvgIpc) is 3.47. The third-order valence-corrected chi connectivity index (χ3v) is 6.18. The summed E-state index contributed by atoms with van der Waals surface area (Å²) in [6, 6.07) is 9.87. The number of furan rings is 1. The number of rotatable bonds is 6. The van der Waals surface area contributed by atoms with Gasteiger partial charge in [-0.3, -0.25) is 9.59 Å². The van der Waals surface area contributed by atoms with Crippen LogP contribution in [0.25, 0.3) is 11.5 Å². The van der Waals surface area contributed by atoms with E-state index in [0.29, 0.717) is 47.3 Å². The molecule has 1 aliphatic carbocycles. The first kappa shape index (κ1) is 20.3. The maximum Gasteiger partial charge on any atom is 0.236 e. The van der Waals surface area contributed by atoms with Gasteiger partial charge in [-0.05, 0) is 42.7 Å². The molecule has 0 radical (unpaired) electrons. The predicted octanol–water partition coefficient (Wildman–Crippen LogP) is 4.63. The largest absolute Gasteiger partial charge is 0.458 e. The SMILES string of the molecule is CC(=O)NCc1ccc(-c2csc(NC(=O)C3(c4cccc(F)c4)CCCC3)n2)o1. The van der Waals surface area contributed by atoms with E-state index in [1.165, 1.54) is 30.4 Å². The molecule has 1 aliphatic rings. The zero-order valence-corrected chi connectivity index (χ0v) is 17.4. The van der Waals surface area contributed by atoms with Crippen molar-refractivity contribution in [3.05, 3.63) is 58.9 Å². The van der Waals surface area contributed by atoms with Gasteiger partial charge in [0.2, 0.25) is 11.8 Å². The number of carbonyl (C=O) groups excluding carboxylic acids is 2. The topological polar surface area (TPSA) is 84.2 Å². The number of nitrogens with zero attached hydrogens (tertiary/aromatic N) is 1. The van der Waals surface area contributed by atoms with Gasteiger partial charge in [0.05, 0.1) is 12.0 Å². The quantitative estimate of drug-likeness (QED) is 0.601. The first-order valence-electron chi connectivity index (χ1n) is 9.83. The van der Waals surface area contributed by atoms with Crippen molar-refractivity contribution in [2.45, 2.75) is 44.6 Å². The smallest absolute Gasteiger partial charge is 0.236 e. The Morgan fingerprint density at radius 3 is 2.77 bits per heavy atom. The standard InChI is InChI=1S/C22H22FN3O3S/c1-14(27)24-12-17-7-8-19(29-17)18-13-30-21(25-18)26-20(28)22(9-2-3-10-22)15-5-4-6-16(23)11-15/h4-8,11,13H,2-3,9-10,12H2,1H3,(H,24,27)(H,25,26,28). The summed E-state index contributed by atoms with van der Waals surface area (Å²) in [6.07, 6.45) is 3.23. The van der Waals surface area contributed by atoms with Crippen LogP contribution in [0.5, 0.6) is 0 Å². The normalized spacial score (nSPS) is 15.1. The molecule has 0 spiro atoms. The fourth-order valence-electron chi connectivity index (χ4n) is 3.89. The van der Waals surface area contributed by atoms with Crippen molar-refractivity contribution in [3.8, 4) is 11.5 Å². The lowest BCUT2D eigenvalue weighted by molar-refractivity contribution is -0.121. The van der Waals surface area contributed by atoms with Gasteiger partial charge in [-0.15, -0.1) is 11.3 Å². The minimum absolute atomic E-state index is 0.134. The molecule has 0 bridgehead atoms. The van der Waals surface area contributed by atoms with E-state index in [-0.39, 0.29) is 17.6 Å². The molecular formula is C22H22FN3O3S. The highest BCUT2D eigenvalue weighted by Crippen LogP contribution is 2.42. The number of hydrogen-bond donors (Lipinski definition) is 2. The predicted molar refractivity (Wildman–Crippen MR) is 113 cm³/mol. The highest BCUT2D eigenvalue weighted by atomic mass is 32.1. The van der Waals surface area contributed by atoms with Crippen LogP contribution in [0.3, 0.4) is 0 Å². The molecule has 156 valence electrons. The Morgan fingerprint density at radius 2 is 2.03 bits per heavy atom. The summed E-state index contributed by atoms with van der Waals surface area (Å²) in [7, 11) is 0. The van der Waals surface area contributed by atoms with Crippen molar-refractivity contribution < 1.29 is 18.4 Å². The van der Waals surface area contributed by atoms with E-state index in [0.717, 1.165) is 12.8 Å². The number of halogens is 1. The molecule has 2 heterocycles. The van der Waals surface area contributed by atoms with E-state index >= 15 is 0 Å². The maximum absolute atomic E-state index is 13.8. The molecule has 1 fully saturated rings. The second-order valence-corrected chi connectivity index (χ2v) is 8.33. The minimum atomic E-state index is -0.732. The summed E-state index contributed by atoms with van der Waals surface area (Å²) in [5.41, 5.74) is 0.586. The number of amides is 2. The van der Waals surface area contributed by atoms with Crippen LogP contribution in [-0.4, -0.2) is 16.8 Å². The molecule has 6 nitrogen and oxygen atoms in total. The van der Waals surface area contributed by atoms with Crippen molar-refractivity contribution in [3.63, 3.8) is 0 Å². The number of anilines is 1. The van der Waals surface area contributed by atoms with E-state index in [2.05, 4.69) is 15.6 Å². The van der Waals surface area contributed by atoms with E-state index in [1.54, 1.807) is 23.6 Å². The van der Waals surface area contributed by atoms with Gasteiger partial charge in [0.1, 0.15) is 17.3 Å². The minimum Gasteiger partial charge on any atom is -0.458 e. The lowest BCUT2D eigenvalue weighted by atomic mass is 9.78. The third kappa shape index (κ3) is 4.14.